The SMILES string of the molecule is CCCCCCCCNC(=O)C=CSS(=O)(=O)O. The van der Waals surface area contributed by atoms with E-state index in [1.807, 2.05) is 0 Å². The van der Waals surface area contributed by atoms with Gasteiger partial charge in [-0.1, -0.05) is 39.0 Å². The Morgan fingerprint density at radius 3 is 2.44 bits per heavy atom. The molecule has 0 spiro atoms. The third kappa shape index (κ3) is 13.5. The van der Waals surface area contributed by atoms with Crippen molar-refractivity contribution in [1.29, 1.82) is 0 Å². The van der Waals surface area contributed by atoms with Gasteiger partial charge in [-0.3, -0.25) is 9.35 Å². The average molecular weight is 295 g/mol. The number of nitrogens with one attached hydrogen (secondary N) is 1. The fourth-order valence-electron chi connectivity index (χ4n) is 1.34. The van der Waals surface area contributed by atoms with Crippen LogP contribution in [0, 0.1) is 0 Å². The Balaban J connectivity index is 3.48. The molecule has 0 atom stereocenters. The summed E-state index contributed by atoms with van der Waals surface area (Å²) in [5.74, 6) is -0.347. The number of hydrogen-bond donors (Lipinski definition) is 2. The first-order valence-corrected chi connectivity index (χ1v) is 8.89. The molecule has 0 saturated carbocycles. The van der Waals surface area contributed by atoms with Gasteiger partial charge in [0.1, 0.15) is 0 Å². The molecule has 106 valence electrons. The van der Waals surface area contributed by atoms with Crippen molar-refractivity contribution in [3.05, 3.63) is 11.5 Å². The summed E-state index contributed by atoms with van der Waals surface area (Å²) in [5, 5.41) is 3.69. The second kappa shape index (κ2) is 10.4. The topological polar surface area (TPSA) is 83.5 Å². The molecule has 0 bridgehead atoms. The lowest BCUT2D eigenvalue weighted by atomic mass is 10.1. The van der Waals surface area contributed by atoms with Crippen LogP contribution < -0.4 is 5.32 Å². The molecule has 0 aromatic carbocycles. The summed E-state index contributed by atoms with van der Waals surface area (Å²) >= 11 is 0. The number of carbonyl (C=O) groups is 1. The van der Waals surface area contributed by atoms with E-state index in [1.54, 1.807) is 0 Å². The van der Waals surface area contributed by atoms with Gasteiger partial charge in [0.15, 0.2) is 0 Å². The highest BCUT2D eigenvalue weighted by Gasteiger charge is 2.01. The zero-order valence-corrected chi connectivity index (χ0v) is 12.2. The number of unbranched alkanes of at least 4 members (excludes halogenated alkanes) is 5. The molecule has 1 amide bonds. The van der Waals surface area contributed by atoms with Gasteiger partial charge in [-0.2, -0.15) is 8.42 Å². The van der Waals surface area contributed by atoms with E-state index >= 15 is 0 Å². The molecule has 0 fully saturated rings. The Morgan fingerprint density at radius 2 is 1.83 bits per heavy atom. The van der Waals surface area contributed by atoms with Crippen LogP contribution in [0.5, 0.6) is 0 Å². The summed E-state index contributed by atoms with van der Waals surface area (Å²) < 4.78 is 29.1. The van der Waals surface area contributed by atoms with Crippen molar-refractivity contribution in [3.63, 3.8) is 0 Å². The Bertz CT molecular complexity index is 352. The van der Waals surface area contributed by atoms with Crippen molar-refractivity contribution in [2.24, 2.45) is 0 Å². The molecule has 2 N–H and O–H groups in total. The summed E-state index contributed by atoms with van der Waals surface area (Å²) in [6, 6.07) is 0. The van der Waals surface area contributed by atoms with Crippen molar-refractivity contribution in [3.8, 4) is 0 Å². The monoisotopic (exact) mass is 295 g/mol. The van der Waals surface area contributed by atoms with Crippen LogP contribution in [0.1, 0.15) is 45.4 Å². The van der Waals surface area contributed by atoms with Gasteiger partial charge in [-0.15, -0.1) is 0 Å². The molecule has 0 rings (SSSR count). The standard InChI is InChI=1S/C11H21NO4S2/c1-2-3-4-5-6-7-9-12-11(13)8-10-17-18(14,15)16/h8,10H,2-7,9H2,1H3,(H,12,13)(H,14,15,16). The van der Waals surface area contributed by atoms with Gasteiger partial charge in [0.25, 0.3) is 0 Å². The van der Waals surface area contributed by atoms with Gasteiger partial charge in [0, 0.05) is 23.4 Å². The molecule has 18 heavy (non-hydrogen) atoms. The lowest BCUT2D eigenvalue weighted by Crippen LogP contribution is -2.21. The largest absolute Gasteiger partial charge is 0.353 e. The first-order valence-electron chi connectivity index (χ1n) is 6.06. The smallest absolute Gasteiger partial charge is 0.323 e. The fraction of sp³-hybridized carbons (Fsp3) is 0.727. The second-order valence-corrected chi connectivity index (χ2v) is 7.05. The van der Waals surface area contributed by atoms with Crippen molar-refractivity contribution >= 4 is 25.9 Å². The summed E-state index contributed by atoms with van der Waals surface area (Å²) in [7, 11) is -3.91. The summed E-state index contributed by atoms with van der Waals surface area (Å²) in [6.07, 6.45) is 7.98. The van der Waals surface area contributed by atoms with E-state index in [-0.39, 0.29) is 16.7 Å². The van der Waals surface area contributed by atoms with Gasteiger partial charge in [-0.25, -0.2) is 0 Å². The minimum atomic E-state index is -4.11. The van der Waals surface area contributed by atoms with Gasteiger partial charge >= 0.3 is 9.15 Å². The van der Waals surface area contributed by atoms with Crippen molar-refractivity contribution in [2.45, 2.75) is 45.4 Å². The maximum atomic E-state index is 11.2. The maximum absolute atomic E-state index is 11.2. The third-order valence-corrected chi connectivity index (χ3v) is 3.78. The van der Waals surface area contributed by atoms with E-state index in [1.165, 1.54) is 25.7 Å². The summed E-state index contributed by atoms with van der Waals surface area (Å²) in [4.78, 5) is 11.2. The molecule has 0 aliphatic carbocycles. The van der Waals surface area contributed by atoms with Crippen molar-refractivity contribution in [1.82, 2.24) is 5.32 Å². The van der Waals surface area contributed by atoms with E-state index < -0.39 is 9.15 Å². The molecular weight excluding hydrogens is 274 g/mol. The molecule has 5 nitrogen and oxygen atoms in total. The molecule has 0 heterocycles. The molecule has 0 aliphatic rings. The van der Waals surface area contributed by atoms with Crippen molar-refractivity contribution < 1.29 is 17.8 Å². The highest BCUT2D eigenvalue weighted by atomic mass is 33.1. The quantitative estimate of drug-likeness (QED) is 0.280. The van der Waals surface area contributed by atoms with Gasteiger partial charge in [-0.05, 0) is 11.8 Å². The lowest BCUT2D eigenvalue weighted by Gasteiger charge is -2.02. The number of hydrogen-bond acceptors (Lipinski definition) is 4. The van der Waals surface area contributed by atoms with E-state index in [4.69, 9.17) is 4.55 Å². The van der Waals surface area contributed by atoms with Crippen LogP contribution in [0.3, 0.4) is 0 Å². The molecular formula is C11H21NO4S2. The Kier molecular flexibility index (Phi) is 10.1. The first-order chi connectivity index (χ1) is 8.45. The molecule has 0 aromatic heterocycles. The summed E-state index contributed by atoms with van der Waals surface area (Å²) in [5.41, 5.74) is 0. The first kappa shape index (κ1) is 17.5. The van der Waals surface area contributed by atoms with E-state index in [2.05, 4.69) is 12.2 Å². The van der Waals surface area contributed by atoms with Gasteiger partial charge < -0.3 is 5.32 Å². The van der Waals surface area contributed by atoms with E-state index in [9.17, 15) is 13.2 Å². The normalized spacial score (nSPS) is 11.9. The van der Waals surface area contributed by atoms with Crippen LogP contribution in [0.15, 0.2) is 11.5 Å². The van der Waals surface area contributed by atoms with Crippen LogP contribution >= 0.6 is 10.8 Å². The maximum Gasteiger partial charge on any atom is 0.323 e. The fourth-order valence-corrected chi connectivity index (χ4v) is 2.24. The summed E-state index contributed by atoms with van der Waals surface area (Å²) in [6.45, 7) is 2.75. The van der Waals surface area contributed by atoms with Crippen LogP contribution in [0.2, 0.25) is 0 Å². The van der Waals surface area contributed by atoms with Crippen molar-refractivity contribution in [2.75, 3.05) is 6.54 Å². The molecule has 0 aromatic rings. The zero-order chi connectivity index (χ0) is 13.9. The van der Waals surface area contributed by atoms with Crippen LogP contribution in [-0.2, 0) is 13.9 Å². The molecule has 0 aliphatic heterocycles. The Hall–Kier alpha value is -0.530. The molecule has 7 heteroatoms. The van der Waals surface area contributed by atoms with Crippen LogP contribution in [-0.4, -0.2) is 25.4 Å². The van der Waals surface area contributed by atoms with Gasteiger partial charge in [0.2, 0.25) is 5.91 Å². The van der Waals surface area contributed by atoms with Crippen LogP contribution in [0.4, 0.5) is 0 Å². The average Bonchev–Trinajstić information content (AvgIpc) is 2.26. The van der Waals surface area contributed by atoms with E-state index in [0.29, 0.717) is 6.54 Å². The highest BCUT2D eigenvalue weighted by molar-refractivity contribution is 8.71. The predicted octanol–water partition coefficient (Wildman–Crippen LogP) is 2.51. The van der Waals surface area contributed by atoms with Gasteiger partial charge in [0.05, 0.1) is 0 Å². The Labute approximate surface area is 113 Å². The molecule has 0 saturated heterocycles. The number of rotatable bonds is 10. The molecule has 0 radical (unpaired) electrons. The Morgan fingerprint density at radius 1 is 1.22 bits per heavy atom. The third-order valence-electron chi connectivity index (χ3n) is 2.23. The number of amides is 1. The lowest BCUT2D eigenvalue weighted by molar-refractivity contribution is -0.116. The molecule has 0 unspecified atom stereocenters. The predicted molar refractivity (Wildman–Crippen MR) is 74.7 cm³/mol. The zero-order valence-electron chi connectivity index (χ0n) is 10.6. The minimum Gasteiger partial charge on any atom is -0.353 e. The highest BCUT2D eigenvalue weighted by Crippen LogP contribution is 2.09. The minimum absolute atomic E-state index is 0.201. The second-order valence-electron chi connectivity index (χ2n) is 3.89. The number of carbonyl (C=O) groups excluding carboxylic acids is 1. The van der Waals surface area contributed by atoms with E-state index in [0.717, 1.165) is 24.3 Å². The van der Waals surface area contributed by atoms with Crippen LogP contribution in [0.25, 0.3) is 0 Å².